The minimum absolute atomic E-state index is 0.476. The Hall–Kier alpha value is -2.34. The molecule has 1 heterocycles. The van der Waals surface area contributed by atoms with E-state index in [4.69, 9.17) is 4.74 Å². The van der Waals surface area contributed by atoms with Gasteiger partial charge in [-0.1, -0.05) is 22.0 Å². The molecule has 2 aromatic carbocycles. The lowest BCUT2D eigenvalue weighted by molar-refractivity contribution is -0.143. The summed E-state index contributed by atoms with van der Waals surface area (Å²) in [5, 5.41) is 5.44. The molecule has 23 heavy (non-hydrogen) atoms. The Labute approximate surface area is 142 Å². The molecule has 3 rings (SSSR count). The van der Waals surface area contributed by atoms with E-state index < -0.39 is 17.4 Å². The van der Waals surface area contributed by atoms with Crippen LogP contribution in [-0.2, 0) is 9.59 Å². The summed E-state index contributed by atoms with van der Waals surface area (Å²) >= 11 is 3.33. The highest BCUT2D eigenvalue weighted by molar-refractivity contribution is 9.10. The summed E-state index contributed by atoms with van der Waals surface area (Å²) < 4.78 is 6.61. The molecule has 1 unspecified atom stereocenters. The maximum Gasteiger partial charge on any atom is 0.278 e. The average molecular weight is 375 g/mol. The van der Waals surface area contributed by atoms with Gasteiger partial charge in [0, 0.05) is 10.2 Å². The van der Waals surface area contributed by atoms with Crippen LogP contribution >= 0.6 is 15.9 Å². The molecule has 0 aromatic heterocycles. The van der Waals surface area contributed by atoms with Crippen LogP contribution in [0.25, 0.3) is 0 Å². The number of ether oxygens (including phenoxy) is 1. The second-order valence-corrected chi connectivity index (χ2v) is 6.47. The molecule has 6 heteroatoms. The molecule has 1 aliphatic heterocycles. The quantitative estimate of drug-likeness (QED) is 0.790. The first kappa shape index (κ1) is 15.6. The van der Waals surface area contributed by atoms with E-state index in [0.717, 1.165) is 10.0 Å². The molecule has 0 radical (unpaired) electrons. The van der Waals surface area contributed by atoms with E-state index in [0.29, 0.717) is 17.1 Å². The van der Waals surface area contributed by atoms with E-state index in [-0.39, 0.29) is 0 Å². The van der Waals surface area contributed by atoms with Crippen molar-refractivity contribution in [2.45, 2.75) is 19.4 Å². The molecule has 0 bridgehead atoms. The Morgan fingerprint density at radius 3 is 2.61 bits per heavy atom. The van der Waals surface area contributed by atoms with Gasteiger partial charge < -0.3 is 15.4 Å². The first-order valence-electron chi connectivity index (χ1n) is 7.06. The number of benzene rings is 2. The number of carbonyl (C=O) groups is 2. The van der Waals surface area contributed by atoms with Crippen molar-refractivity contribution in [2.24, 2.45) is 0 Å². The van der Waals surface area contributed by atoms with Crippen molar-refractivity contribution in [1.82, 2.24) is 0 Å². The average Bonchev–Trinajstić information content (AvgIpc) is 2.51. The third-order valence-corrected chi connectivity index (χ3v) is 4.19. The van der Waals surface area contributed by atoms with E-state index >= 15 is 0 Å². The molecule has 1 atom stereocenters. The first-order chi connectivity index (χ1) is 10.9. The highest BCUT2D eigenvalue weighted by Gasteiger charge is 2.47. The van der Waals surface area contributed by atoms with Crippen LogP contribution in [0.1, 0.15) is 12.5 Å². The maximum atomic E-state index is 12.6. The van der Waals surface area contributed by atoms with Crippen LogP contribution in [0.4, 0.5) is 11.4 Å². The van der Waals surface area contributed by atoms with Crippen LogP contribution in [0.2, 0.25) is 0 Å². The number of fused-ring (bicyclic) bond motifs is 1. The molecule has 1 aliphatic rings. The summed E-state index contributed by atoms with van der Waals surface area (Å²) in [7, 11) is 0. The van der Waals surface area contributed by atoms with E-state index in [2.05, 4.69) is 26.6 Å². The van der Waals surface area contributed by atoms with Crippen molar-refractivity contribution in [3.8, 4) is 5.75 Å². The Bertz CT molecular complexity index is 789. The number of amides is 2. The number of hydrogen-bond acceptors (Lipinski definition) is 3. The van der Waals surface area contributed by atoms with Gasteiger partial charge in [-0.05, 0) is 55.8 Å². The molecule has 0 aliphatic carbocycles. The summed E-state index contributed by atoms with van der Waals surface area (Å²) in [6.45, 7) is 3.37. The third-order valence-electron chi connectivity index (χ3n) is 3.67. The summed E-state index contributed by atoms with van der Waals surface area (Å²) in [6, 6.07) is 12.5. The van der Waals surface area contributed by atoms with Crippen molar-refractivity contribution in [3.63, 3.8) is 0 Å². The topological polar surface area (TPSA) is 67.4 Å². The van der Waals surface area contributed by atoms with Crippen molar-refractivity contribution >= 4 is 39.1 Å². The van der Waals surface area contributed by atoms with Crippen molar-refractivity contribution < 1.29 is 14.3 Å². The zero-order valence-corrected chi connectivity index (χ0v) is 14.2. The Kier molecular flexibility index (Phi) is 3.85. The van der Waals surface area contributed by atoms with E-state index in [1.54, 1.807) is 36.4 Å². The molecular weight excluding hydrogens is 360 g/mol. The SMILES string of the molecule is Cc1ccc2c(c1)NC(=O)C(C)(C(=O)Nc1ccc(Br)cc1)O2. The van der Waals surface area contributed by atoms with Crippen molar-refractivity contribution in [3.05, 3.63) is 52.5 Å². The fourth-order valence-corrected chi connectivity index (χ4v) is 2.54. The largest absolute Gasteiger partial charge is 0.466 e. The molecule has 0 fully saturated rings. The fraction of sp³-hybridized carbons (Fsp3) is 0.176. The van der Waals surface area contributed by atoms with Crippen LogP contribution in [0.3, 0.4) is 0 Å². The molecule has 2 amide bonds. The number of hydrogen-bond donors (Lipinski definition) is 2. The van der Waals surface area contributed by atoms with Crippen LogP contribution < -0.4 is 15.4 Å². The Balaban J connectivity index is 1.85. The molecular formula is C17H15BrN2O3. The second kappa shape index (κ2) is 5.70. The summed E-state index contributed by atoms with van der Waals surface area (Å²) in [5.74, 6) is -0.544. The van der Waals surface area contributed by atoms with Crippen LogP contribution in [0.15, 0.2) is 46.9 Å². The van der Waals surface area contributed by atoms with Gasteiger partial charge in [0.15, 0.2) is 0 Å². The molecule has 118 valence electrons. The monoisotopic (exact) mass is 374 g/mol. The Morgan fingerprint density at radius 2 is 1.91 bits per heavy atom. The van der Waals surface area contributed by atoms with Gasteiger partial charge in [0.25, 0.3) is 17.4 Å². The fourth-order valence-electron chi connectivity index (χ4n) is 2.27. The lowest BCUT2D eigenvalue weighted by Gasteiger charge is -2.33. The lowest BCUT2D eigenvalue weighted by Crippen LogP contribution is -2.56. The summed E-state index contributed by atoms with van der Waals surface area (Å²) in [4.78, 5) is 24.9. The minimum atomic E-state index is -1.63. The number of aryl methyl sites for hydroxylation is 1. The number of carbonyl (C=O) groups excluding carboxylic acids is 2. The van der Waals surface area contributed by atoms with Gasteiger partial charge in [-0.2, -0.15) is 0 Å². The maximum absolute atomic E-state index is 12.6. The van der Waals surface area contributed by atoms with Crippen LogP contribution in [-0.4, -0.2) is 17.4 Å². The zero-order valence-electron chi connectivity index (χ0n) is 12.6. The first-order valence-corrected chi connectivity index (χ1v) is 7.86. The normalized spacial score (nSPS) is 19.3. The van der Waals surface area contributed by atoms with E-state index in [1.807, 2.05) is 13.0 Å². The predicted molar refractivity (Wildman–Crippen MR) is 91.6 cm³/mol. The third kappa shape index (κ3) is 2.94. The van der Waals surface area contributed by atoms with Crippen LogP contribution in [0.5, 0.6) is 5.75 Å². The number of anilines is 2. The lowest BCUT2D eigenvalue weighted by atomic mass is 10.0. The molecule has 0 saturated heterocycles. The zero-order chi connectivity index (χ0) is 16.6. The molecule has 0 spiro atoms. The smallest absolute Gasteiger partial charge is 0.278 e. The molecule has 2 aromatic rings. The highest BCUT2D eigenvalue weighted by Crippen LogP contribution is 2.34. The minimum Gasteiger partial charge on any atom is -0.466 e. The molecule has 5 nitrogen and oxygen atoms in total. The highest BCUT2D eigenvalue weighted by atomic mass is 79.9. The predicted octanol–water partition coefficient (Wildman–Crippen LogP) is 3.49. The standard InChI is InChI=1S/C17H15BrN2O3/c1-10-3-8-14-13(9-10)20-16(22)17(2,23-14)15(21)19-12-6-4-11(18)5-7-12/h3-9H,1-2H3,(H,19,21)(H,20,22). The van der Waals surface area contributed by atoms with Gasteiger partial charge in [0.2, 0.25) is 0 Å². The molecule has 2 N–H and O–H groups in total. The Morgan fingerprint density at radius 1 is 1.22 bits per heavy atom. The van der Waals surface area contributed by atoms with Crippen molar-refractivity contribution in [2.75, 3.05) is 10.6 Å². The van der Waals surface area contributed by atoms with Gasteiger partial charge in [0.05, 0.1) is 5.69 Å². The van der Waals surface area contributed by atoms with Crippen molar-refractivity contribution in [1.29, 1.82) is 0 Å². The number of nitrogens with one attached hydrogen (secondary N) is 2. The molecule has 0 saturated carbocycles. The van der Waals surface area contributed by atoms with Gasteiger partial charge in [-0.3, -0.25) is 9.59 Å². The van der Waals surface area contributed by atoms with Gasteiger partial charge >= 0.3 is 0 Å². The van der Waals surface area contributed by atoms with E-state index in [1.165, 1.54) is 6.92 Å². The summed E-state index contributed by atoms with van der Waals surface area (Å²) in [5.41, 5.74) is 0.528. The van der Waals surface area contributed by atoms with E-state index in [9.17, 15) is 9.59 Å². The number of halogens is 1. The van der Waals surface area contributed by atoms with Gasteiger partial charge in [-0.15, -0.1) is 0 Å². The summed E-state index contributed by atoms with van der Waals surface area (Å²) in [6.07, 6.45) is 0. The van der Waals surface area contributed by atoms with Crippen LogP contribution in [0, 0.1) is 6.92 Å². The number of rotatable bonds is 2. The van der Waals surface area contributed by atoms with Gasteiger partial charge in [-0.25, -0.2) is 0 Å². The second-order valence-electron chi connectivity index (χ2n) is 5.55. The van der Waals surface area contributed by atoms with Gasteiger partial charge in [0.1, 0.15) is 5.75 Å².